The topological polar surface area (TPSA) is 90.7 Å². The van der Waals surface area contributed by atoms with Gasteiger partial charge in [0.1, 0.15) is 16.6 Å². The Morgan fingerprint density at radius 2 is 2.15 bits per heavy atom. The van der Waals surface area contributed by atoms with Crippen LogP contribution in [0.5, 0.6) is 5.75 Å². The van der Waals surface area contributed by atoms with E-state index in [2.05, 4.69) is 4.98 Å². The molecule has 9 heteroatoms. The molecular formula is C18H21N3O5S. The van der Waals surface area contributed by atoms with Crippen LogP contribution in [0.1, 0.15) is 10.4 Å². The first kappa shape index (κ1) is 18.0. The normalized spacial score (nSPS) is 23.0. The number of ether oxygens (including phenoxy) is 2. The van der Waals surface area contributed by atoms with E-state index in [1.54, 1.807) is 52.5 Å². The van der Waals surface area contributed by atoms with Gasteiger partial charge in [-0.3, -0.25) is 4.79 Å². The number of methoxy groups -OCH3 is 1. The Kier molecular flexibility index (Phi) is 4.43. The average Bonchev–Trinajstić information content (AvgIpc) is 3.14. The number of hydrogen-bond acceptors (Lipinski definition) is 6. The molecule has 144 valence electrons. The van der Waals surface area contributed by atoms with Gasteiger partial charge in [0.2, 0.25) is 0 Å². The fourth-order valence-electron chi connectivity index (χ4n) is 3.66. The Morgan fingerprint density at radius 1 is 1.37 bits per heavy atom. The smallest absolute Gasteiger partial charge is 0.257 e. The zero-order valence-electron chi connectivity index (χ0n) is 14.9. The van der Waals surface area contributed by atoms with Crippen LogP contribution < -0.4 is 4.74 Å². The van der Waals surface area contributed by atoms with Crippen LogP contribution in [-0.4, -0.2) is 72.2 Å². The van der Waals surface area contributed by atoms with Crippen molar-refractivity contribution in [3.8, 4) is 5.75 Å². The number of amides is 1. The van der Waals surface area contributed by atoms with Crippen LogP contribution in [-0.2, 0) is 21.1 Å². The Labute approximate surface area is 157 Å². The summed E-state index contributed by atoms with van der Waals surface area (Å²) in [5.41, 5.74) is -0.339. The highest BCUT2D eigenvalue weighted by molar-refractivity contribution is 7.92. The lowest BCUT2D eigenvalue weighted by molar-refractivity contribution is -0.121. The van der Waals surface area contributed by atoms with Crippen molar-refractivity contribution in [1.82, 2.24) is 14.5 Å². The standard InChI is InChI=1S/C18H21N3O5S/c1-25-16-5-3-2-4-15(16)17(22)21-10-18(11-21)12-27(23,24)14(9-26-18)8-20-7-6-19-13-20/h2-7,13-14H,8-12H2,1H3/t14-/m0/s1. The van der Waals surface area contributed by atoms with Gasteiger partial charge in [0.15, 0.2) is 9.84 Å². The first-order chi connectivity index (χ1) is 12.9. The predicted molar refractivity (Wildman–Crippen MR) is 97.4 cm³/mol. The van der Waals surface area contributed by atoms with E-state index in [4.69, 9.17) is 9.47 Å². The minimum absolute atomic E-state index is 0.0743. The number of para-hydroxylation sites is 1. The third kappa shape index (κ3) is 3.32. The van der Waals surface area contributed by atoms with E-state index in [0.717, 1.165) is 0 Å². The lowest BCUT2D eigenvalue weighted by Crippen LogP contribution is -2.70. The summed E-state index contributed by atoms with van der Waals surface area (Å²) in [6, 6.07) is 6.99. The van der Waals surface area contributed by atoms with Crippen molar-refractivity contribution in [3.05, 3.63) is 48.5 Å². The van der Waals surface area contributed by atoms with E-state index in [0.29, 0.717) is 17.9 Å². The van der Waals surface area contributed by atoms with Crippen molar-refractivity contribution in [3.63, 3.8) is 0 Å². The zero-order chi connectivity index (χ0) is 19.1. The van der Waals surface area contributed by atoms with Crippen LogP contribution in [0.4, 0.5) is 0 Å². The molecule has 1 spiro atoms. The summed E-state index contributed by atoms with van der Waals surface area (Å²) in [7, 11) is -1.82. The van der Waals surface area contributed by atoms with Crippen LogP contribution >= 0.6 is 0 Å². The number of carbonyl (C=O) groups is 1. The first-order valence-corrected chi connectivity index (χ1v) is 10.4. The quantitative estimate of drug-likeness (QED) is 0.758. The SMILES string of the molecule is COc1ccccc1C(=O)N1CC2(C1)CS(=O)(=O)[C@@H](Cn1ccnc1)CO2. The molecule has 0 radical (unpaired) electrons. The third-order valence-corrected chi connectivity index (χ3v) is 7.33. The average molecular weight is 391 g/mol. The van der Waals surface area contributed by atoms with Crippen LogP contribution in [0, 0.1) is 0 Å². The molecule has 8 nitrogen and oxygen atoms in total. The fraction of sp³-hybridized carbons (Fsp3) is 0.444. The van der Waals surface area contributed by atoms with E-state index in [1.165, 1.54) is 7.11 Å². The van der Waals surface area contributed by atoms with Crippen molar-refractivity contribution < 1.29 is 22.7 Å². The predicted octanol–water partition coefficient (Wildman–Crippen LogP) is 0.600. The Morgan fingerprint density at radius 3 is 2.81 bits per heavy atom. The molecule has 27 heavy (non-hydrogen) atoms. The third-order valence-electron chi connectivity index (χ3n) is 5.10. The van der Waals surface area contributed by atoms with E-state index in [1.807, 2.05) is 0 Å². The Balaban J connectivity index is 1.42. The van der Waals surface area contributed by atoms with Crippen molar-refractivity contribution in [2.75, 3.05) is 32.6 Å². The summed E-state index contributed by atoms with van der Waals surface area (Å²) in [5.74, 6) is 0.246. The summed E-state index contributed by atoms with van der Waals surface area (Å²) in [6.07, 6.45) is 4.94. The maximum atomic E-state index is 12.7. The molecule has 3 heterocycles. The van der Waals surface area contributed by atoms with Crippen molar-refractivity contribution in [2.45, 2.75) is 17.4 Å². The van der Waals surface area contributed by atoms with Gasteiger partial charge in [0, 0.05) is 18.9 Å². The van der Waals surface area contributed by atoms with Gasteiger partial charge in [0.05, 0.1) is 44.4 Å². The van der Waals surface area contributed by atoms with Gasteiger partial charge in [-0.15, -0.1) is 0 Å². The number of carbonyl (C=O) groups excluding carboxylic acids is 1. The monoisotopic (exact) mass is 391 g/mol. The molecule has 0 bridgehead atoms. The largest absolute Gasteiger partial charge is 0.496 e. The zero-order valence-corrected chi connectivity index (χ0v) is 15.8. The summed E-state index contributed by atoms with van der Waals surface area (Å²) >= 11 is 0. The van der Waals surface area contributed by atoms with Gasteiger partial charge in [-0.2, -0.15) is 0 Å². The molecule has 2 fully saturated rings. The maximum Gasteiger partial charge on any atom is 0.257 e. The molecule has 0 N–H and O–H groups in total. The Hall–Kier alpha value is -2.39. The number of aromatic nitrogens is 2. The number of imidazole rings is 1. The molecular weight excluding hydrogens is 370 g/mol. The first-order valence-electron chi connectivity index (χ1n) is 8.66. The van der Waals surface area contributed by atoms with Gasteiger partial charge >= 0.3 is 0 Å². The number of sulfone groups is 1. The summed E-state index contributed by atoms with van der Waals surface area (Å²) < 4.78 is 38.4. The molecule has 0 unspecified atom stereocenters. The minimum Gasteiger partial charge on any atom is -0.496 e. The number of nitrogens with zero attached hydrogens (tertiary/aromatic N) is 3. The van der Waals surface area contributed by atoms with E-state index >= 15 is 0 Å². The van der Waals surface area contributed by atoms with Crippen LogP contribution in [0.2, 0.25) is 0 Å². The van der Waals surface area contributed by atoms with Crippen LogP contribution in [0.25, 0.3) is 0 Å². The van der Waals surface area contributed by atoms with Crippen LogP contribution in [0.15, 0.2) is 43.0 Å². The molecule has 4 rings (SSSR count). The fourth-order valence-corrected chi connectivity index (χ4v) is 5.57. The lowest BCUT2D eigenvalue weighted by Gasteiger charge is -2.52. The second-order valence-corrected chi connectivity index (χ2v) is 9.33. The second-order valence-electron chi connectivity index (χ2n) is 7.04. The van der Waals surface area contributed by atoms with E-state index in [9.17, 15) is 13.2 Å². The number of likely N-dealkylation sites (tertiary alicyclic amines) is 1. The van der Waals surface area contributed by atoms with Crippen LogP contribution in [0.3, 0.4) is 0 Å². The van der Waals surface area contributed by atoms with Crippen molar-refractivity contribution in [2.24, 2.45) is 0 Å². The highest BCUT2D eigenvalue weighted by atomic mass is 32.2. The number of rotatable bonds is 4. The van der Waals surface area contributed by atoms with E-state index < -0.39 is 20.7 Å². The molecule has 0 saturated carbocycles. The molecule has 1 aromatic carbocycles. The minimum atomic E-state index is -3.33. The highest BCUT2D eigenvalue weighted by Gasteiger charge is 2.54. The number of benzene rings is 1. The summed E-state index contributed by atoms with van der Waals surface area (Å²) in [5, 5.41) is -0.601. The molecule has 2 saturated heterocycles. The molecule has 0 aliphatic carbocycles. The van der Waals surface area contributed by atoms with Crippen molar-refractivity contribution >= 4 is 15.7 Å². The van der Waals surface area contributed by atoms with Gasteiger partial charge in [-0.05, 0) is 12.1 Å². The highest BCUT2D eigenvalue weighted by Crippen LogP contribution is 2.34. The van der Waals surface area contributed by atoms with Gasteiger partial charge in [-0.1, -0.05) is 12.1 Å². The lowest BCUT2D eigenvalue weighted by atomic mass is 9.94. The second kappa shape index (κ2) is 6.65. The summed E-state index contributed by atoms with van der Waals surface area (Å²) in [6.45, 7) is 0.974. The summed E-state index contributed by atoms with van der Waals surface area (Å²) in [4.78, 5) is 18.2. The van der Waals surface area contributed by atoms with Crippen molar-refractivity contribution in [1.29, 1.82) is 0 Å². The van der Waals surface area contributed by atoms with Gasteiger partial charge < -0.3 is 18.9 Å². The molecule has 1 aromatic heterocycles. The maximum absolute atomic E-state index is 12.7. The molecule has 2 aromatic rings. The Bertz CT molecular complexity index is 936. The molecule has 2 aliphatic rings. The number of hydrogen-bond donors (Lipinski definition) is 0. The van der Waals surface area contributed by atoms with E-state index in [-0.39, 0.29) is 31.4 Å². The molecule has 2 aliphatic heterocycles. The van der Waals surface area contributed by atoms with Gasteiger partial charge in [-0.25, -0.2) is 13.4 Å². The van der Waals surface area contributed by atoms with Gasteiger partial charge in [0.25, 0.3) is 5.91 Å². The molecule has 1 atom stereocenters. The molecule has 1 amide bonds.